The summed E-state index contributed by atoms with van der Waals surface area (Å²) >= 11 is 0. The molecule has 0 bridgehead atoms. The van der Waals surface area contributed by atoms with Gasteiger partial charge in [0, 0.05) is 17.6 Å². The molecule has 1 aromatic carbocycles. The quantitative estimate of drug-likeness (QED) is 0.712. The van der Waals surface area contributed by atoms with Crippen LogP contribution in [0.4, 0.5) is 5.69 Å². The zero-order valence-corrected chi connectivity index (χ0v) is 10.2. The third-order valence-corrected chi connectivity index (χ3v) is 2.27. The van der Waals surface area contributed by atoms with Gasteiger partial charge in [-0.3, -0.25) is 4.79 Å². The second-order valence-corrected chi connectivity index (χ2v) is 4.79. The van der Waals surface area contributed by atoms with Crippen molar-refractivity contribution in [1.82, 2.24) is 0 Å². The van der Waals surface area contributed by atoms with Crippen LogP contribution in [0.3, 0.4) is 0 Å². The van der Waals surface area contributed by atoms with Crippen LogP contribution >= 0.6 is 0 Å². The van der Waals surface area contributed by atoms with Crippen LogP contribution in [0.25, 0.3) is 0 Å². The number of anilines is 1. The smallest absolute Gasteiger partial charge is 0.232 e. The molecule has 16 heavy (non-hydrogen) atoms. The highest BCUT2D eigenvalue weighted by atomic mass is 16.2. The van der Waals surface area contributed by atoms with E-state index < -0.39 is 0 Å². The van der Waals surface area contributed by atoms with Crippen molar-refractivity contribution in [3.63, 3.8) is 0 Å². The molecule has 0 saturated carbocycles. The van der Waals surface area contributed by atoms with Crippen LogP contribution in [-0.4, -0.2) is 12.5 Å². The number of rotatable bonds is 3. The number of benzene rings is 1. The minimum Gasteiger partial charge on any atom is -0.308 e. The van der Waals surface area contributed by atoms with Gasteiger partial charge in [-0.1, -0.05) is 45.0 Å². The second kappa shape index (κ2) is 4.97. The van der Waals surface area contributed by atoms with Crippen molar-refractivity contribution in [3.05, 3.63) is 43.0 Å². The topological polar surface area (TPSA) is 20.3 Å². The van der Waals surface area contributed by atoms with Gasteiger partial charge in [0.25, 0.3) is 0 Å². The number of amides is 1. The molecule has 0 saturated heterocycles. The lowest BCUT2D eigenvalue weighted by Crippen LogP contribution is -2.39. The molecule has 1 rings (SSSR count). The van der Waals surface area contributed by atoms with Gasteiger partial charge >= 0.3 is 0 Å². The van der Waals surface area contributed by atoms with Crippen LogP contribution in [0.1, 0.15) is 20.8 Å². The summed E-state index contributed by atoms with van der Waals surface area (Å²) in [5.74, 6) is 0.110. The lowest BCUT2D eigenvalue weighted by atomic mass is 9.94. The first kappa shape index (κ1) is 12.5. The highest BCUT2D eigenvalue weighted by Crippen LogP contribution is 2.22. The molecule has 0 aliphatic heterocycles. The van der Waals surface area contributed by atoms with Gasteiger partial charge in [-0.2, -0.15) is 0 Å². The van der Waals surface area contributed by atoms with Crippen molar-refractivity contribution in [2.24, 2.45) is 5.41 Å². The lowest BCUT2D eigenvalue weighted by molar-refractivity contribution is -0.125. The monoisotopic (exact) mass is 217 g/mol. The summed E-state index contributed by atoms with van der Waals surface area (Å²) in [6.45, 7) is 10.0. The Hall–Kier alpha value is -1.57. The molecule has 0 fully saturated rings. The van der Waals surface area contributed by atoms with Crippen molar-refractivity contribution in [2.45, 2.75) is 20.8 Å². The van der Waals surface area contributed by atoms with Gasteiger partial charge in [-0.05, 0) is 12.1 Å². The maximum Gasteiger partial charge on any atom is 0.232 e. The van der Waals surface area contributed by atoms with E-state index in [2.05, 4.69) is 6.58 Å². The summed E-state index contributed by atoms with van der Waals surface area (Å²) in [4.78, 5) is 14.0. The van der Waals surface area contributed by atoms with Gasteiger partial charge in [0.05, 0.1) is 0 Å². The van der Waals surface area contributed by atoms with Crippen LogP contribution in [0.15, 0.2) is 43.0 Å². The Morgan fingerprint density at radius 2 is 1.88 bits per heavy atom. The normalized spacial score (nSPS) is 10.9. The van der Waals surface area contributed by atoms with Gasteiger partial charge < -0.3 is 4.90 Å². The van der Waals surface area contributed by atoms with Gasteiger partial charge in [-0.25, -0.2) is 0 Å². The Kier molecular flexibility index (Phi) is 3.88. The standard InChI is InChI=1S/C14H19NO/c1-5-11-15(13(16)14(2,3)4)12-9-7-6-8-10-12/h5-10H,1,11H2,2-4H3. The fourth-order valence-corrected chi connectivity index (χ4v) is 1.45. The van der Waals surface area contributed by atoms with E-state index in [1.54, 1.807) is 11.0 Å². The third-order valence-electron chi connectivity index (χ3n) is 2.27. The number of carbonyl (C=O) groups is 1. The molecule has 0 aromatic heterocycles. The maximum absolute atomic E-state index is 12.2. The Labute approximate surface area is 97.6 Å². The molecular formula is C14H19NO. The van der Waals surface area contributed by atoms with Gasteiger partial charge in [0.15, 0.2) is 0 Å². The molecule has 0 N–H and O–H groups in total. The Balaban J connectivity index is 3.01. The molecule has 0 unspecified atom stereocenters. The summed E-state index contributed by atoms with van der Waals surface area (Å²) in [7, 11) is 0. The van der Waals surface area contributed by atoms with Crippen LogP contribution < -0.4 is 4.90 Å². The highest BCUT2D eigenvalue weighted by Gasteiger charge is 2.27. The van der Waals surface area contributed by atoms with E-state index in [1.165, 1.54) is 0 Å². The Morgan fingerprint density at radius 3 is 2.31 bits per heavy atom. The molecule has 1 aromatic rings. The van der Waals surface area contributed by atoms with E-state index in [1.807, 2.05) is 51.1 Å². The number of nitrogens with zero attached hydrogens (tertiary/aromatic N) is 1. The lowest BCUT2D eigenvalue weighted by Gasteiger charge is -2.28. The first-order chi connectivity index (χ1) is 7.46. The largest absolute Gasteiger partial charge is 0.308 e. The van der Waals surface area contributed by atoms with Gasteiger partial charge in [0.1, 0.15) is 0 Å². The van der Waals surface area contributed by atoms with Crippen molar-refractivity contribution in [3.8, 4) is 0 Å². The summed E-state index contributed by atoms with van der Waals surface area (Å²) < 4.78 is 0. The molecule has 0 spiro atoms. The van der Waals surface area contributed by atoms with Gasteiger partial charge in [0.2, 0.25) is 5.91 Å². The van der Waals surface area contributed by atoms with Crippen LogP contribution in [-0.2, 0) is 4.79 Å². The fourth-order valence-electron chi connectivity index (χ4n) is 1.45. The minimum atomic E-state index is -0.376. The Bertz CT molecular complexity index is 362. The Morgan fingerprint density at radius 1 is 1.31 bits per heavy atom. The number of hydrogen-bond acceptors (Lipinski definition) is 1. The molecule has 0 radical (unpaired) electrons. The molecule has 0 atom stereocenters. The summed E-state index contributed by atoms with van der Waals surface area (Å²) in [5, 5.41) is 0. The SMILES string of the molecule is C=CCN(C(=O)C(C)(C)C)c1ccccc1. The van der Waals surface area contributed by atoms with E-state index in [4.69, 9.17) is 0 Å². The number of hydrogen-bond donors (Lipinski definition) is 0. The predicted octanol–water partition coefficient (Wildman–Crippen LogP) is 3.25. The first-order valence-corrected chi connectivity index (χ1v) is 5.44. The predicted molar refractivity (Wildman–Crippen MR) is 68.4 cm³/mol. The fraction of sp³-hybridized carbons (Fsp3) is 0.357. The van der Waals surface area contributed by atoms with E-state index >= 15 is 0 Å². The molecule has 86 valence electrons. The van der Waals surface area contributed by atoms with E-state index in [0.29, 0.717) is 6.54 Å². The van der Waals surface area contributed by atoms with Crippen LogP contribution in [0, 0.1) is 5.41 Å². The second-order valence-electron chi connectivity index (χ2n) is 4.79. The zero-order valence-electron chi connectivity index (χ0n) is 10.2. The van der Waals surface area contributed by atoms with E-state index in [-0.39, 0.29) is 11.3 Å². The molecule has 1 amide bonds. The maximum atomic E-state index is 12.2. The molecule has 0 heterocycles. The average Bonchev–Trinajstić information content (AvgIpc) is 2.25. The summed E-state index contributed by atoms with van der Waals surface area (Å²) in [6, 6.07) is 9.68. The minimum absolute atomic E-state index is 0.110. The number of para-hydroxylation sites is 1. The molecule has 0 aliphatic rings. The molecule has 0 aliphatic carbocycles. The van der Waals surface area contributed by atoms with Crippen molar-refractivity contribution in [2.75, 3.05) is 11.4 Å². The average molecular weight is 217 g/mol. The van der Waals surface area contributed by atoms with Crippen molar-refractivity contribution >= 4 is 11.6 Å². The third kappa shape index (κ3) is 2.96. The van der Waals surface area contributed by atoms with Crippen LogP contribution in [0.5, 0.6) is 0 Å². The van der Waals surface area contributed by atoms with Crippen LogP contribution in [0.2, 0.25) is 0 Å². The zero-order chi connectivity index (χ0) is 12.2. The van der Waals surface area contributed by atoms with Crippen molar-refractivity contribution in [1.29, 1.82) is 0 Å². The number of carbonyl (C=O) groups excluding carboxylic acids is 1. The first-order valence-electron chi connectivity index (χ1n) is 5.44. The summed E-state index contributed by atoms with van der Waals surface area (Å²) in [6.07, 6.45) is 1.75. The molecule has 2 nitrogen and oxygen atoms in total. The molecule has 2 heteroatoms. The highest BCUT2D eigenvalue weighted by molar-refractivity contribution is 5.97. The van der Waals surface area contributed by atoms with Gasteiger partial charge in [-0.15, -0.1) is 6.58 Å². The molecular weight excluding hydrogens is 198 g/mol. The van der Waals surface area contributed by atoms with E-state index in [0.717, 1.165) is 5.69 Å². The van der Waals surface area contributed by atoms with E-state index in [9.17, 15) is 4.79 Å². The summed E-state index contributed by atoms with van der Waals surface area (Å²) in [5.41, 5.74) is 0.543. The van der Waals surface area contributed by atoms with Crippen molar-refractivity contribution < 1.29 is 4.79 Å².